The van der Waals surface area contributed by atoms with Crippen molar-refractivity contribution >= 4 is 11.8 Å². The molecule has 82 valence electrons. The van der Waals surface area contributed by atoms with Crippen LogP contribution in [0.4, 0.5) is 0 Å². The second-order valence-electron chi connectivity index (χ2n) is 3.82. The molecule has 2 aromatic carbocycles. The quantitative estimate of drug-likeness (QED) is 0.682. The van der Waals surface area contributed by atoms with Gasteiger partial charge in [-0.05, 0) is 35.9 Å². The van der Waals surface area contributed by atoms with Gasteiger partial charge in [0.1, 0.15) is 0 Å². The second-order valence-corrected chi connectivity index (χ2v) is 5.16. The molecule has 0 aromatic heterocycles. The molecule has 0 atom stereocenters. The predicted molar refractivity (Wildman–Crippen MR) is 73.0 cm³/mol. The van der Waals surface area contributed by atoms with Crippen molar-refractivity contribution in [1.29, 1.82) is 0 Å². The summed E-state index contributed by atoms with van der Waals surface area (Å²) >= 11 is 1.88. The van der Waals surface area contributed by atoms with E-state index >= 15 is 0 Å². The lowest BCUT2D eigenvalue weighted by Gasteiger charge is -2.04. The minimum absolute atomic E-state index is 1.13. The lowest BCUT2D eigenvalue weighted by atomic mass is 10.0. The van der Waals surface area contributed by atoms with E-state index in [1.165, 1.54) is 21.6 Å². The first-order chi connectivity index (χ1) is 7.79. The average molecular weight is 228 g/mol. The topological polar surface area (TPSA) is 0 Å². The number of thioether (sulfide) groups is 1. The smallest absolute Gasteiger partial charge is 0.00722 e. The van der Waals surface area contributed by atoms with Crippen LogP contribution in [-0.2, 0) is 0 Å². The lowest BCUT2D eigenvalue weighted by Crippen LogP contribution is -1.79. The normalized spacial score (nSPS) is 10.4. The van der Waals surface area contributed by atoms with Crippen LogP contribution in [0.5, 0.6) is 0 Å². The van der Waals surface area contributed by atoms with Crippen LogP contribution in [0.15, 0.2) is 53.4 Å². The summed E-state index contributed by atoms with van der Waals surface area (Å²) in [5, 5.41) is 0. The first-order valence-corrected chi connectivity index (χ1v) is 6.58. The Labute approximate surface area is 102 Å². The predicted octanol–water partition coefficient (Wildman–Crippen LogP) is 4.77. The maximum atomic E-state index is 2.20. The Balaban J connectivity index is 2.24. The van der Waals surface area contributed by atoms with E-state index in [0.29, 0.717) is 0 Å². The highest BCUT2D eigenvalue weighted by Gasteiger charge is 1.97. The summed E-state index contributed by atoms with van der Waals surface area (Å²) < 4.78 is 0. The van der Waals surface area contributed by atoms with Gasteiger partial charge >= 0.3 is 0 Å². The van der Waals surface area contributed by atoms with Crippen molar-refractivity contribution in [1.82, 2.24) is 0 Å². The van der Waals surface area contributed by atoms with Crippen LogP contribution in [0, 0.1) is 6.92 Å². The zero-order valence-corrected chi connectivity index (χ0v) is 10.6. The van der Waals surface area contributed by atoms with Crippen molar-refractivity contribution in [3.63, 3.8) is 0 Å². The van der Waals surface area contributed by atoms with Gasteiger partial charge in [0.15, 0.2) is 0 Å². The van der Waals surface area contributed by atoms with E-state index in [4.69, 9.17) is 0 Å². The maximum Gasteiger partial charge on any atom is 0.00722 e. The monoisotopic (exact) mass is 228 g/mol. The van der Waals surface area contributed by atoms with Crippen molar-refractivity contribution in [3.8, 4) is 11.1 Å². The van der Waals surface area contributed by atoms with Crippen molar-refractivity contribution < 1.29 is 0 Å². The molecule has 0 amide bonds. The van der Waals surface area contributed by atoms with Gasteiger partial charge < -0.3 is 0 Å². The van der Waals surface area contributed by atoms with E-state index in [2.05, 4.69) is 62.4 Å². The minimum Gasteiger partial charge on any atom is -0.126 e. The third-order valence-electron chi connectivity index (χ3n) is 2.55. The van der Waals surface area contributed by atoms with Crippen molar-refractivity contribution in [3.05, 3.63) is 54.1 Å². The van der Waals surface area contributed by atoms with Crippen molar-refractivity contribution in [2.75, 3.05) is 5.75 Å². The molecule has 0 nitrogen and oxygen atoms in total. The van der Waals surface area contributed by atoms with Crippen LogP contribution in [0.25, 0.3) is 11.1 Å². The highest BCUT2D eigenvalue weighted by molar-refractivity contribution is 7.99. The first-order valence-electron chi connectivity index (χ1n) is 5.59. The Morgan fingerprint density at radius 2 is 1.31 bits per heavy atom. The molecule has 2 rings (SSSR count). The summed E-state index contributed by atoms with van der Waals surface area (Å²) in [6, 6.07) is 17.5. The zero-order valence-electron chi connectivity index (χ0n) is 9.73. The lowest BCUT2D eigenvalue weighted by molar-refractivity contribution is 1.42. The van der Waals surface area contributed by atoms with Gasteiger partial charge in [0.2, 0.25) is 0 Å². The van der Waals surface area contributed by atoms with E-state index in [0.717, 1.165) is 5.75 Å². The molecule has 2 aromatic rings. The Hall–Kier alpha value is -1.21. The molecule has 0 heterocycles. The third-order valence-corrected chi connectivity index (χ3v) is 3.44. The molecule has 0 aliphatic carbocycles. The van der Waals surface area contributed by atoms with Gasteiger partial charge in [-0.15, -0.1) is 11.8 Å². The maximum absolute atomic E-state index is 2.20. The van der Waals surface area contributed by atoms with Crippen LogP contribution in [-0.4, -0.2) is 5.75 Å². The second kappa shape index (κ2) is 5.22. The van der Waals surface area contributed by atoms with E-state index in [1.807, 2.05) is 11.8 Å². The van der Waals surface area contributed by atoms with Crippen LogP contribution >= 0.6 is 11.8 Å². The van der Waals surface area contributed by atoms with Gasteiger partial charge in [0, 0.05) is 4.90 Å². The Morgan fingerprint density at radius 1 is 0.812 bits per heavy atom. The SMILES string of the molecule is CCSc1ccc(-c2ccc(C)cc2)cc1. The fourth-order valence-corrected chi connectivity index (χ4v) is 2.32. The number of rotatable bonds is 3. The Kier molecular flexibility index (Phi) is 3.68. The first kappa shape index (κ1) is 11.3. The Bertz CT molecular complexity index is 440. The Morgan fingerprint density at radius 3 is 1.81 bits per heavy atom. The molecule has 0 unspecified atom stereocenters. The van der Waals surface area contributed by atoms with Crippen LogP contribution in [0.3, 0.4) is 0 Å². The summed E-state index contributed by atoms with van der Waals surface area (Å²) in [7, 11) is 0. The van der Waals surface area contributed by atoms with E-state index in [1.54, 1.807) is 0 Å². The molecule has 0 aliphatic heterocycles. The summed E-state index contributed by atoms with van der Waals surface area (Å²) in [5.41, 5.74) is 3.89. The molecule has 0 saturated heterocycles. The molecule has 0 bridgehead atoms. The molecule has 16 heavy (non-hydrogen) atoms. The van der Waals surface area contributed by atoms with Gasteiger partial charge in [-0.2, -0.15) is 0 Å². The molecular weight excluding hydrogens is 212 g/mol. The molecule has 0 aliphatic rings. The van der Waals surface area contributed by atoms with Crippen LogP contribution in [0.2, 0.25) is 0 Å². The number of aryl methyl sites for hydroxylation is 1. The molecule has 0 radical (unpaired) electrons. The summed E-state index contributed by atoms with van der Waals surface area (Å²) in [5.74, 6) is 1.13. The molecule has 0 saturated carbocycles. The van der Waals surface area contributed by atoms with Gasteiger partial charge in [0.05, 0.1) is 0 Å². The molecule has 0 N–H and O–H groups in total. The minimum atomic E-state index is 1.13. The van der Waals surface area contributed by atoms with E-state index in [9.17, 15) is 0 Å². The van der Waals surface area contributed by atoms with Crippen molar-refractivity contribution in [2.24, 2.45) is 0 Å². The molecule has 0 spiro atoms. The van der Waals surface area contributed by atoms with Gasteiger partial charge in [0.25, 0.3) is 0 Å². The summed E-state index contributed by atoms with van der Waals surface area (Å²) in [6.45, 7) is 4.29. The van der Waals surface area contributed by atoms with Crippen LogP contribution in [0.1, 0.15) is 12.5 Å². The zero-order chi connectivity index (χ0) is 11.4. The highest BCUT2D eigenvalue weighted by Crippen LogP contribution is 2.24. The fourth-order valence-electron chi connectivity index (χ4n) is 1.66. The van der Waals surface area contributed by atoms with Gasteiger partial charge in [-0.1, -0.05) is 48.9 Å². The molecular formula is C15H16S. The number of hydrogen-bond acceptors (Lipinski definition) is 1. The average Bonchev–Trinajstić information content (AvgIpc) is 2.32. The molecule has 0 fully saturated rings. The van der Waals surface area contributed by atoms with Crippen molar-refractivity contribution in [2.45, 2.75) is 18.7 Å². The standard InChI is InChI=1S/C15H16S/c1-3-16-15-10-8-14(9-11-15)13-6-4-12(2)5-7-13/h4-11H,3H2,1-2H3. The number of benzene rings is 2. The summed E-state index contributed by atoms with van der Waals surface area (Å²) in [4.78, 5) is 1.35. The van der Waals surface area contributed by atoms with E-state index < -0.39 is 0 Å². The van der Waals surface area contributed by atoms with E-state index in [-0.39, 0.29) is 0 Å². The fraction of sp³-hybridized carbons (Fsp3) is 0.200. The largest absolute Gasteiger partial charge is 0.126 e. The highest BCUT2D eigenvalue weighted by atomic mass is 32.2. The van der Waals surface area contributed by atoms with Crippen LogP contribution < -0.4 is 0 Å². The van der Waals surface area contributed by atoms with Gasteiger partial charge in [-0.25, -0.2) is 0 Å². The van der Waals surface area contributed by atoms with Gasteiger partial charge in [-0.3, -0.25) is 0 Å². The third kappa shape index (κ3) is 2.67. The summed E-state index contributed by atoms with van der Waals surface area (Å²) in [6.07, 6.45) is 0. The molecule has 1 heteroatoms. The number of hydrogen-bond donors (Lipinski definition) is 0.